The predicted molar refractivity (Wildman–Crippen MR) is 118 cm³/mol. The Morgan fingerprint density at radius 3 is 2.32 bits per heavy atom. The van der Waals surface area contributed by atoms with Crippen LogP contribution in [0.4, 0.5) is 5.69 Å². The number of nitrogens with zero attached hydrogens (tertiary/aromatic N) is 2. The number of hydrogen-bond donors (Lipinski definition) is 0. The monoisotopic (exact) mass is 446 g/mol. The zero-order valence-electron chi connectivity index (χ0n) is 16.7. The molecule has 0 bridgehead atoms. The van der Waals surface area contributed by atoms with Crippen molar-refractivity contribution < 1.29 is 14.2 Å². The van der Waals surface area contributed by atoms with Gasteiger partial charge in [-0.3, -0.25) is 4.90 Å². The van der Waals surface area contributed by atoms with Crippen LogP contribution in [-0.2, 0) is 0 Å². The third-order valence-electron chi connectivity index (χ3n) is 4.97. The number of anilines is 1. The number of rotatable bonds is 7. The van der Waals surface area contributed by atoms with E-state index in [0.717, 1.165) is 60.0 Å². The quantitative estimate of drug-likeness (QED) is 0.632. The topological polar surface area (TPSA) is 34.2 Å². The van der Waals surface area contributed by atoms with Crippen molar-refractivity contribution in [2.75, 3.05) is 59.0 Å². The Bertz CT molecular complexity index is 817. The van der Waals surface area contributed by atoms with Gasteiger partial charge in [0.25, 0.3) is 0 Å². The standard InChI is InChI=1S/C22H27BrN2O3/c1-26-19-7-9-21(27-2)17(15-19)5-4-10-24-11-13-25(14-12-24)18-6-8-20(23)22(16-18)28-3/h4-9,15-16H,10-14H2,1-3H3/b5-4+. The van der Waals surface area contributed by atoms with Crippen LogP contribution in [-0.4, -0.2) is 59.0 Å². The zero-order chi connectivity index (χ0) is 19.9. The third kappa shape index (κ3) is 5.00. The smallest absolute Gasteiger partial charge is 0.135 e. The SMILES string of the molecule is COc1ccc(OC)c(/C=C/CN2CCN(c3ccc(Br)c(OC)c3)CC2)c1. The lowest BCUT2D eigenvalue weighted by Gasteiger charge is -2.35. The van der Waals surface area contributed by atoms with Crippen molar-refractivity contribution >= 4 is 27.7 Å². The van der Waals surface area contributed by atoms with Gasteiger partial charge in [-0.05, 0) is 46.3 Å². The Morgan fingerprint density at radius 1 is 0.893 bits per heavy atom. The second kappa shape index (κ2) is 9.85. The van der Waals surface area contributed by atoms with Crippen molar-refractivity contribution in [1.82, 2.24) is 4.90 Å². The number of benzene rings is 2. The summed E-state index contributed by atoms with van der Waals surface area (Å²) in [6.07, 6.45) is 4.29. The summed E-state index contributed by atoms with van der Waals surface area (Å²) in [7, 11) is 5.07. The molecule has 1 saturated heterocycles. The van der Waals surface area contributed by atoms with Crippen molar-refractivity contribution in [2.45, 2.75) is 0 Å². The van der Waals surface area contributed by atoms with E-state index < -0.39 is 0 Å². The summed E-state index contributed by atoms with van der Waals surface area (Å²) in [4.78, 5) is 4.86. The van der Waals surface area contributed by atoms with Gasteiger partial charge in [0.2, 0.25) is 0 Å². The summed E-state index contributed by atoms with van der Waals surface area (Å²) in [6.45, 7) is 4.97. The molecule has 1 heterocycles. The van der Waals surface area contributed by atoms with Crippen LogP contribution < -0.4 is 19.1 Å². The molecule has 0 saturated carbocycles. The van der Waals surface area contributed by atoms with Crippen LogP contribution in [0.3, 0.4) is 0 Å². The molecule has 0 atom stereocenters. The van der Waals surface area contributed by atoms with Crippen molar-refractivity contribution in [3.8, 4) is 17.2 Å². The van der Waals surface area contributed by atoms with E-state index in [1.54, 1.807) is 21.3 Å². The molecule has 5 nitrogen and oxygen atoms in total. The molecule has 0 spiro atoms. The van der Waals surface area contributed by atoms with Crippen molar-refractivity contribution in [3.63, 3.8) is 0 Å². The number of methoxy groups -OCH3 is 3. The highest BCUT2D eigenvalue weighted by Gasteiger charge is 2.17. The first-order chi connectivity index (χ1) is 13.6. The number of ether oxygens (including phenoxy) is 3. The van der Waals surface area contributed by atoms with E-state index in [4.69, 9.17) is 14.2 Å². The fourth-order valence-electron chi connectivity index (χ4n) is 3.33. The molecule has 1 fully saturated rings. The predicted octanol–water partition coefficient (Wildman–Crippen LogP) is 4.31. The normalized spacial score (nSPS) is 15.1. The summed E-state index contributed by atoms with van der Waals surface area (Å²) in [6, 6.07) is 12.1. The first kappa shape index (κ1) is 20.6. The number of halogens is 1. The van der Waals surface area contributed by atoms with Crippen LogP contribution in [0.2, 0.25) is 0 Å². The van der Waals surface area contributed by atoms with Gasteiger partial charge in [-0.15, -0.1) is 0 Å². The zero-order valence-corrected chi connectivity index (χ0v) is 18.2. The maximum absolute atomic E-state index is 5.44. The molecule has 0 unspecified atom stereocenters. The Balaban J connectivity index is 1.55. The van der Waals surface area contributed by atoms with Crippen LogP contribution in [0, 0.1) is 0 Å². The average Bonchev–Trinajstić information content (AvgIpc) is 2.74. The van der Waals surface area contributed by atoms with Gasteiger partial charge in [-0.1, -0.05) is 12.2 Å². The van der Waals surface area contributed by atoms with Crippen LogP contribution in [0.1, 0.15) is 5.56 Å². The second-order valence-electron chi connectivity index (χ2n) is 6.62. The summed E-state index contributed by atoms with van der Waals surface area (Å²) >= 11 is 3.51. The summed E-state index contributed by atoms with van der Waals surface area (Å²) in [5.41, 5.74) is 2.24. The molecule has 150 valence electrons. The lowest BCUT2D eigenvalue weighted by molar-refractivity contribution is 0.284. The van der Waals surface area contributed by atoms with Crippen LogP contribution >= 0.6 is 15.9 Å². The number of hydrogen-bond acceptors (Lipinski definition) is 5. The number of piperazine rings is 1. The highest BCUT2D eigenvalue weighted by molar-refractivity contribution is 9.10. The average molecular weight is 447 g/mol. The molecule has 2 aromatic carbocycles. The second-order valence-corrected chi connectivity index (χ2v) is 7.47. The van der Waals surface area contributed by atoms with Gasteiger partial charge in [0, 0.05) is 50.0 Å². The van der Waals surface area contributed by atoms with Gasteiger partial charge in [0.1, 0.15) is 17.2 Å². The van der Waals surface area contributed by atoms with Gasteiger partial charge in [-0.2, -0.15) is 0 Å². The molecule has 28 heavy (non-hydrogen) atoms. The minimum atomic E-state index is 0.832. The molecule has 6 heteroatoms. The van der Waals surface area contributed by atoms with E-state index in [1.807, 2.05) is 24.3 Å². The molecule has 1 aliphatic rings. The van der Waals surface area contributed by atoms with E-state index in [-0.39, 0.29) is 0 Å². The third-order valence-corrected chi connectivity index (χ3v) is 5.63. The van der Waals surface area contributed by atoms with E-state index in [9.17, 15) is 0 Å². The maximum Gasteiger partial charge on any atom is 0.135 e. The first-order valence-corrected chi connectivity index (χ1v) is 10.1. The molecular weight excluding hydrogens is 420 g/mol. The van der Waals surface area contributed by atoms with Crippen LogP contribution in [0.5, 0.6) is 17.2 Å². The van der Waals surface area contributed by atoms with Gasteiger partial charge in [-0.25, -0.2) is 0 Å². The van der Waals surface area contributed by atoms with Crippen LogP contribution in [0.15, 0.2) is 46.9 Å². The molecule has 1 aliphatic heterocycles. The van der Waals surface area contributed by atoms with E-state index >= 15 is 0 Å². The summed E-state index contributed by atoms with van der Waals surface area (Å²) in [5, 5.41) is 0. The van der Waals surface area contributed by atoms with Crippen molar-refractivity contribution in [3.05, 3.63) is 52.5 Å². The Kier molecular flexibility index (Phi) is 7.23. The molecule has 0 radical (unpaired) electrons. The van der Waals surface area contributed by atoms with Gasteiger partial charge >= 0.3 is 0 Å². The van der Waals surface area contributed by atoms with Gasteiger partial charge in [0.05, 0.1) is 25.8 Å². The molecule has 0 amide bonds. The Morgan fingerprint density at radius 2 is 1.64 bits per heavy atom. The minimum Gasteiger partial charge on any atom is -0.497 e. The maximum atomic E-state index is 5.44. The fraction of sp³-hybridized carbons (Fsp3) is 0.364. The molecular formula is C22H27BrN2O3. The fourth-order valence-corrected chi connectivity index (χ4v) is 3.74. The molecule has 0 aliphatic carbocycles. The Hall–Kier alpha value is -2.18. The molecule has 0 N–H and O–H groups in total. The van der Waals surface area contributed by atoms with Crippen molar-refractivity contribution in [2.24, 2.45) is 0 Å². The molecule has 3 rings (SSSR count). The lowest BCUT2D eigenvalue weighted by atomic mass is 10.1. The minimum absolute atomic E-state index is 0.832. The van der Waals surface area contributed by atoms with Crippen LogP contribution in [0.25, 0.3) is 6.08 Å². The van der Waals surface area contributed by atoms with Crippen molar-refractivity contribution in [1.29, 1.82) is 0 Å². The van der Waals surface area contributed by atoms with Gasteiger partial charge < -0.3 is 19.1 Å². The lowest BCUT2D eigenvalue weighted by Crippen LogP contribution is -2.46. The van der Waals surface area contributed by atoms with E-state index in [1.165, 1.54) is 5.69 Å². The molecule has 2 aromatic rings. The summed E-state index contributed by atoms with van der Waals surface area (Å²) < 4.78 is 17.1. The Labute approximate surface area is 175 Å². The highest BCUT2D eigenvalue weighted by atomic mass is 79.9. The highest BCUT2D eigenvalue weighted by Crippen LogP contribution is 2.30. The molecule has 0 aromatic heterocycles. The summed E-state index contributed by atoms with van der Waals surface area (Å²) in [5.74, 6) is 2.56. The van der Waals surface area contributed by atoms with E-state index in [2.05, 4.69) is 50.0 Å². The van der Waals surface area contributed by atoms with Gasteiger partial charge in [0.15, 0.2) is 0 Å². The van der Waals surface area contributed by atoms with E-state index in [0.29, 0.717) is 0 Å². The largest absolute Gasteiger partial charge is 0.497 e. The first-order valence-electron chi connectivity index (χ1n) is 9.34.